The molecule has 0 N–H and O–H groups in total. The van der Waals surface area contributed by atoms with Crippen molar-refractivity contribution in [2.45, 2.75) is 0 Å². The summed E-state index contributed by atoms with van der Waals surface area (Å²) in [6.45, 7) is 0.255. The number of rotatable bonds is 2. The summed E-state index contributed by atoms with van der Waals surface area (Å²) in [5.74, 6) is 4.13. The second-order valence-corrected chi connectivity index (χ2v) is 4.18. The largest absolute Gasteiger partial charge is 0.454 e. The van der Waals surface area contributed by atoms with Gasteiger partial charge in [0.15, 0.2) is 11.5 Å². The van der Waals surface area contributed by atoms with Crippen molar-refractivity contribution in [2.75, 3.05) is 6.79 Å². The third-order valence-corrected chi connectivity index (χ3v) is 2.96. The Labute approximate surface area is 112 Å². The highest BCUT2D eigenvalue weighted by molar-refractivity contribution is 5.74. The molecule has 0 unspecified atom stereocenters. The van der Waals surface area contributed by atoms with Gasteiger partial charge in [-0.3, -0.25) is 0 Å². The molecule has 0 atom stereocenters. The maximum atomic E-state index is 5.53. The van der Waals surface area contributed by atoms with Gasteiger partial charge >= 0.3 is 0 Å². The molecule has 0 aromatic heterocycles. The summed E-state index contributed by atoms with van der Waals surface area (Å²) >= 11 is 0. The highest BCUT2D eigenvalue weighted by Gasteiger charge is 2.15. The van der Waals surface area contributed by atoms with Gasteiger partial charge in [-0.1, -0.05) is 48.4 Å². The topological polar surface area (TPSA) is 18.5 Å². The van der Waals surface area contributed by atoms with Crippen LogP contribution in [0.4, 0.5) is 0 Å². The van der Waals surface area contributed by atoms with Gasteiger partial charge in [0.05, 0.1) is 0 Å². The number of terminal acetylenes is 1. The molecule has 2 nitrogen and oxygen atoms in total. The zero-order valence-electron chi connectivity index (χ0n) is 10.3. The minimum Gasteiger partial charge on any atom is -0.454 e. The van der Waals surface area contributed by atoms with E-state index in [4.69, 9.17) is 15.9 Å². The highest BCUT2D eigenvalue weighted by Crippen LogP contribution is 2.35. The molecule has 0 spiro atoms. The Morgan fingerprint density at radius 2 is 1.74 bits per heavy atom. The molecule has 0 saturated heterocycles. The highest BCUT2D eigenvalue weighted by atomic mass is 16.7. The molecule has 1 aliphatic rings. The first-order valence-electron chi connectivity index (χ1n) is 6.00. The predicted molar refractivity (Wildman–Crippen MR) is 75.9 cm³/mol. The summed E-state index contributed by atoms with van der Waals surface area (Å²) in [4.78, 5) is 0. The molecule has 0 saturated carbocycles. The maximum absolute atomic E-state index is 5.53. The van der Waals surface area contributed by atoms with Crippen LogP contribution in [0.25, 0.3) is 12.2 Å². The molecule has 1 aliphatic heterocycles. The Kier molecular flexibility index (Phi) is 2.96. The second-order valence-electron chi connectivity index (χ2n) is 4.18. The van der Waals surface area contributed by atoms with Crippen molar-refractivity contribution < 1.29 is 9.47 Å². The monoisotopic (exact) mass is 248 g/mol. The zero-order valence-corrected chi connectivity index (χ0v) is 10.3. The summed E-state index contributed by atoms with van der Waals surface area (Å²) in [5, 5.41) is 0. The minimum absolute atomic E-state index is 0.255. The van der Waals surface area contributed by atoms with E-state index >= 15 is 0 Å². The summed E-state index contributed by atoms with van der Waals surface area (Å²) in [5.41, 5.74) is 2.88. The average molecular weight is 248 g/mol. The van der Waals surface area contributed by atoms with Crippen molar-refractivity contribution in [3.05, 3.63) is 59.2 Å². The van der Waals surface area contributed by atoms with Crippen LogP contribution < -0.4 is 9.47 Å². The molecular weight excluding hydrogens is 236 g/mol. The van der Waals surface area contributed by atoms with Gasteiger partial charge in [0, 0.05) is 11.6 Å². The SMILES string of the molecule is C#Cc1cc2c(cc1/C=C/c1ccccc1)OCO2. The van der Waals surface area contributed by atoms with Crippen LogP contribution in [-0.4, -0.2) is 6.79 Å². The van der Waals surface area contributed by atoms with Crippen LogP contribution in [0, 0.1) is 12.3 Å². The molecule has 2 heteroatoms. The molecule has 3 rings (SSSR count). The molecule has 1 heterocycles. The smallest absolute Gasteiger partial charge is 0.231 e. The van der Waals surface area contributed by atoms with E-state index < -0.39 is 0 Å². The van der Waals surface area contributed by atoms with E-state index in [0.29, 0.717) is 5.75 Å². The quantitative estimate of drug-likeness (QED) is 0.597. The lowest BCUT2D eigenvalue weighted by Crippen LogP contribution is -1.92. The predicted octanol–water partition coefficient (Wildman–Crippen LogP) is 3.57. The molecule has 0 fully saturated rings. The first-order valence-corrected chi connectivity index (χ1v) is 6.00. The van der Waals surface area contributed by atoms with Crippen molar-refractivity contribution >= 4 is 12.2 Å². The maximum Gasteiger partial charge on any atom is 0.231 e. The van der Waals surface area contributed by atoms with E-state index in [1.807, 2.05) is 54.6 Å². The van der Waals surface area contributed by atoms with Gasteiger partial charge in [0.1, 0.15) is 0 Å². The van der Waals surface area contributed by atoms with Gasteiger partial charge in [-0.15, -0.1) is 6.42 Å². The number of benzene rings is 2. The zero-order chi connectivity index (χ0) is 13.1. The molecule has 2 aromatic carbocycles. The van der Waals surface area contributed by atoms with Crippen molar-refractivity contribution in [3.8, 4) is 23.8 Å². The summed E-state index contributed by atoms with van der Waals surface area (Å²) in [6.07, 6.45) is 9.55. The Balaban J connectivity index is 1.97. The number of fused-ring (bicyclic) bond motifs is 1. The molecule has 92 valence electrons. The first kappa shape index (κ1) is 11.4. The molecular formula is C17H12O2. The van der Waals surface area contributed by atoms with E-state index in [0.717, 1.165) is 22.4 Å². The lowest BCUT2D eigenvalue weighted by Gasteiger charge is -2.02. The van der Waals surface area contributed by atoms with Gasteiger partial charge in [-0.05, 0) is 17.2 Å². The fourth-order valence-electron chi connectivity index (χ4n) is 1.97. The van der Waals surface area contributed by atoms with Crippen LogP contribution in [0.2, 0.25) is 0 Å². The Morgan fingerprint density at radius 1 is 1.00 bits per heavy atom. The first-order chi connectivity index (χ1) is 9.36. The van der Waals surface area contributed by atoms with E-state index in [2.05, 4.69) is 5.92 Å². The van der Waals surface area contributed by atoms with Gasteiger partial charge in [0.2, 0.25) is 6.79 Å². The minimum atomic E-state index is 0.255. The number of ether oxygens (including phenoxy) is 2. The fraction of sp³-hybridized carbons (Fsp3) is 0.0588. The summed E-state index contributed by atoms with van der Waals surface area (Å²) < 4.78 is 10.7. The molecule has 0 bridgehead atoms. The third kappa shape index (κ3) is 2.31. The molecule has 2 aromatic rings. The van der Waals surface area contributed by atoms with Gasteiger partial charge in [-0.25, -0.2) is 0 Å². The van der Waals surface area contributed by atoms with Crippen LogP contribution in [0.5, 0.6) is 11.5 Å². The summed E-state index contributed by atoms with van der Waals surface area (Å²) in [7, 11) is 0. The standard InChI is InChI=1S/C17H12O2/c1-2-14-10-16-17(19-12-18-16)11-15(14)9-8-13-6-4-3-5-7-13/h1,3-11H,12H2/b9-8+. The van der Waals surface area contributed by atoms with Crippen molar-refractivity contribution in [1.29, 1.82) is 0 Å². The molecule has 19 heavy (non-hydrogen) atoms. The van der Waals surface area contributed by atoms with Crippen molar-refractivity contribution in [2.24, 2.45) is 0 Å². The van der Waals surface area contributed by atoms with Gasteiger partial charge in [-0.2, -0.15) is 0 Å². The molecule has 0 radical (unpaired) electrons. The van der Waals surface area contributed by atoms with E-state index in [-0.39, 0.29) is 6.79 Å². The van der Waals surface area contributed by atoms with Gasteiger partial charge in [0.25, 0.3) is 0 Å². The van der Waals surface area contributed by atoms with Crippen LogP contribution in [0.15, 0.2) is 42.5 Å². The number of hydrogen-bond donors (Lipinski definition) is 0. The lowest BCUT2D eigenvalue weighted by molar-refractivity contribution is 0.174. The lowest BCUT2D eigenvalue weighted by atomic mass is 10.1. The van der Waals surface area contributed by atoms with E-state index in [1.165, 1.54) is 0 Å². The Hall–Kier alpha value is -2.66. The Bertz CT molecular complexity index is 664. The molecule has 0 aliphatic carbocycles. The van der Waals surface area contributed by atoms with E-state index in [9.17, 15) is 0 Å². The fourth-order valence-corrected chi connectivity index (χ4v) is 1.97. The van der Waals surface area contributed by atoms with Crippen molar-refractivity contribution in [3.63, 3.8) is 0 Å². The van der Waals surface area contributed by atoms with Gasteiger partial charge < -0.3 is 9.47 Å². The third-order valence-electron chi connectivity index (χ3n) is 2.96. The van der Waals surface area contributed by atoms with Crippen LogP contribution >= 0.6 is 0 Å². The number of hydrogen-bond acceptors (Lipinski definition) is 2. The average Bonchev–Trinajstić information content (AvgIpc) is 2.92. The van der Waals surface area contributed by atoms with Crippen molar-refractivity contribution in [1.82, 2.24) is 0 Å². The summed E-state index contributed by atoms with van der Waals surface area (Å²) in [6, 6.07) is 13.8. The van der Waals surface area contributed by atoms with Crippen LogP contribution in [0.3, 0.4) is 0 Å². The van der Waals surface area contributed by atoms with Crippen LogP contribution in [-0.2, 0) is 0 Å². The van der Waals surface area contributed by atoms with E-state index in [1.54, 1.807) is 0 Å². The molecule has 0 amide bonds. The van der Waals surface area contributed by atoms with Crippen LogP contribution in [0.1, 0.15) is 16.7 Å². The second kappa shape index (κ2) is 4.91. The normalized spacial score (nSPS) is 12.6. The Morgan fingerprint density at radius 3 is 2.47 bits per heavy atom.